The zero-order valence-corrected chi connectivity index (χ0v) is 18.8. The summed E-state index contributed by atoms with van der Waals surface area (Å²) in [6, 6.07) is 14.2. The van der Waals surface area contributed by atoms with E-state index in [1.165, 1.54) is 6.07 Å². The number of anilines is 1. The van der Waals surface area contributed by atoms with Crippen LogP contribution in [-0.4, -0.2) is 37.0 Å². The number of halogens is 1. The lowest BCUT2D eigenvalue weighted by molar-refractivity contribution is -0.122. The molecule has 0 bridgehead atoms. The van der Waals surface area contributed by atoms with Crippen LogP contribution in [0.5, 0.6) is 5.75 Å². The lowest BCUT2D eigenvalue weighted by atomic mass is 9.68. The Morgan fingerprint density at radius 2 is 1.71 bits per heavy atom. The van der Waals surface area contributed by atoms with Crippen LogP contribution >= 0.6 is 0 Å². The number of nitrogens with zero attached hydrogens (tertiary/aromatic N) is 1. The number of amides is 1. The van der Waals surface area contributed by atoms with E-state index in [1.54, 1.807) is 12.1 Å². The van der Waals surface area contributed by atoms with Gasteiger partial charge in [-0.1, -0.05) is 51.3 Å². The van der Waals surface area contributed by atoms with Crippen molar-refractivity contribution in [2.24, 2.45) is 0 Å². The first-order valence-corrected chi connectivity index (χ1v) is 11.6. The van der Waals surface area contributed by atoms with Gasteiger partial charge >= 0.3 is 0 Å². The Hall–Kier alpha value is -2.40. The van der Waals surface area contributed by atoms with Crippen molar-refractivity contribution in [1.82, 2.24) is 4.90 Å². The minimum atomic E-state index is -0.802. The standard InChI is InChI=1S/C26H35FN2O2/c1-3-29(4-2)19-10-20-31-22-15-13-21(14-16-22)28-25(30)26(17-8-5-9-18-26)23-11-6-7-12-24(23)27/h6-7,11-16H,3-5,8-10,17-20H2,1-2H3,(H,28,30). The molecule has 0 heterocycles. The number of ether oxygens (including phenoxy) is 1. The lowest BCUT2D eigenvalue weighted by Gasteiger charge is -2.36. The molecule has 5 heteroatoms. The van der Waals surface area contributed by atoms with Crippen molar-refractivity contribution in [3.05, 3.63) is 59.9 Å². The number of nitrogens with one attached hydrogen (secondary N) is 1. The number of hydrogen-bond acceptors (Lipinski definition) is 3. The normalized spacial score (nSPS) is 15.6. The highest BCUT2D eigenvalue weighted by atomic mass is 19.1. The zero-order chi connectivity index (χ0) is 22.1. The van der Waals surface area contributed by atoms with Gasteiger partial charge in [0.1, 0.15) is 11.6 Å². The molecule has 4 nitrogen and oxygen atoms in total. The van der Waals surface area contributed by atoms with E-state index < -0.39 is 5.41 Å². The number of carbonyl (C=O) groups is 1. The van der Waals surface area contributed by atoms with Crippen LogP contribution in [0.4, 0.5) is 10.1 Å². The first-order valence-electron chi connectivity index (χ1n) is 11.6. The number of rotatable bonds is 10. The van der Waals surface area contributed by atoms with E-state index in [-0.39, 0.29) is 11.7 Å². The molecule has 1 aliphatic rings. The van der Waals surface area contributed by atoms with E-state index in [1.807, 2.05) is 30.3 Å². The van der Waals surface area contributed by atoms with E-state index in [2.05, 4.69) is 24.1 Å². The third-order valence-corrected chi connectivity index (χ3v) is 6.43. The smallest absolute Gasteiger partial charge is 0.235 e. The first kappa shape index (κ1) is 23.3. The number of hydrogen-bond donors (Lipinski definition) is 1. The van der Waals surface area contributed by atoms with Crippen molar-refractivity contribution in [2.75, 3.05) is 31.6 Å². The fourth-order valence-electron chi connectivity index (χ4n) is 4.53. The van der Waals surface area contributed by atoms with Gasteiger partial charge in [0, 0.05) is 17.8 Å². The van der Waals surface area contributed by atoms with Gasteiger partial charge in [-0.05, 0) is 62.7 Å². The predicted molar refractivity (Wildman–Crippen MR) is 124 cm³/mol. The fourth-order valence-corrected chi connectivity index (χ4v) is 4.53. The van der Waals surface area contributed by atoms with E-state index in [9.17, 15) is 9.18 Å². The van der Waals surface area contributed by atoms with Crippen LogP contribution in [0.3, 0.4) is 0 Å². The van der Waals surface area contributed by atoms with Gasteiger partial charge in [0.05, 0.1) is 12.0 Å². The molecule has 1 aliphatic carbocycles. The molecule has 2 aromatic carbocycles. The maximum atomic E-state index is 14.6. The Morgan fingerprint density at radius 3 is 2.35 bits per heavy atom. The Balaban J connectivity index is 1.62. The van der Waals surface area contributed by atoms with E-state index in [4.69, 9.17) is 4.74 Å². The third kappa shape index (κ3) is 5.85. The molecule has 1 saturated carbocycles. The molecule has 1 fully saturated rings. The van der Waals surface area contributed by atoms with Crippen molar-refractivity contribution < 1.29 is 13.9 Å². The molecule has 0 radical (unpaired) electrons. The van der Waals surface area contributed by atoms with Gasteiger partial charge in [-0.15, -0.1) is 0 Å². The Morgan fingerprint density at radius 1 is 1.03 bits per heavy atom. The quantitative estimate of drug-likeness (QED) is 0.490. The Bertz CT molecular complexity index is 828. The molecular formula is C26H35FN2O2. The number of carbonyl (C=O) groups excluding carboxylic acids is 1. The third-order valence-electron chi connectivity index (χ3n) is 6.43. The summed E-state index contributed by atoms with van der Waals surface area (Å²) < 4.78 is 20.5. The van der Waals surface area contributed by atoms with Gasteiger partial charge in [-0.3, -0.25) is 4.79 Å². The molecular weight excluding hydrogens is 391 g/mol. The SMILES string of the molecule is CCN(CC)CCCOc1ccc(NC(=O)C2(c3ccccc3F)CCCCC2)cc1. The van der Waals surface area contributed by atoms with Crippen LogP contribution in [0.15, 0.2) is 48.5 Å². The molecule has 0 unspecified atom stereocenters. The lowest BCUT2D eigenvalue weighted by Crippen LogP contribution is -2.42. The molecule has 3 rings (SSSR count). The second kappa shape index (κ2) is 11.3. The average molecular weight is 427 g/mol. The minimum absolute atomic E-state index is 0.120. The van der Waals surface area contributed by atoms with Gasteiger partial charge in [0.2, 0.25) is 5.91 Å². The second-order valence-electron chi connectivity index (χ2n) is 8.33. The van der Waals surface area contributed by atoms with Gasteiger partial charge in [-0.2, -0.15) is 0 Å². The molecule has 0 spiro atoms. The average Bonchev–Trinajstić information content (AvgIpc) is 2.81. The highest BCUT2D eigenvalue weighted by Gasteiger charge is 2.42. The summed E-state index contributed by atoms with van der Waals surface area (Å²) in [5.74, 6) is 0.372. The summed E-state index contributed by atoms with van der Waals surface area (Å²) in [4.78, 5) is 15.7. The first-order chi connectivity index (χ1) is 15.1. The van der Waals surface area contributed by atoms with Crippen molar-refractivity contribution in [2.45, 2.75) is 57.8 Å². The highest BCUT2D eigenvalue weighted by Crippen LogP contribution is 2.41. The zero-order valence-electron chi connectivity index (χ0n) is 18.8. The van der Waals surface area contributed by atoms with Crippen molar-refractivity contribution in [3.8, 4) is 5.75 Å². The summed E-state index contributed by atoms with van der Waals surface area (Å²) in [6.45, 7) is 8.14. The maximum absolute atomic E-state index is 14.6. The van der Waals surface area contributed by atoms with Crippen molar-refractivity contribution >= 4 is 11.6 Å². The summed E-state index contributed by atoms with van der Waals surface area (Å²) >= 11 is 0. The van der Waals surface area contributed by atoms with E-state index in [0.717, 1.165) is 51.1 Å². The fraction of sp³-hybridized carbons (Fsp3) is 0.500. The molecule has 0 aliphatic heterocycles. The molecule has 2 aromatic rings. The summed E-state index contributed by atoms with van der Waals surface area (Å²) in [5, 5.41) is 3.03. The maximum Gasteiger partial charge on any atom is 0.235 e. The monoisotopic (exact) mass is 426 g/mol. The van der Waals surface area contributed by atoms with Gasteiger partial charge in [-0.25, -0.2) is 4.39 Å². The van der Waals surface area contributed by atoms with Gasteiger partial charge < -0.3 is 15.0 Å². The molecule has 0 saturated heterocycles. The predicted octanol–water partition coefficient (Wildman–Crippen LogP) is 5.78. The molecule has 0 aromatic heterocycles. The minimum Gasteiger partial charge on any atom is -0.494 e. The van der Waals surface area contributed by atoms with Crippen molar-refractivity contribution in [3.63, 3.8) is 0 Å². The van der Waals surface area contributed by atoms with Crippen LogP contribution in [-0.2, 0) is 10.2 Å². The Kier molecular flexibility index (Phi) is 8.47. The molecule has 168 valence electrons. The molecule has 1 N–H and O–H groups in total. The second-order valence-corrected chi connectivity index (χ2v) is 8.33. The van der Waals surface area contributed by atoms with Crippen LogP contribution in [0.25, 0.3) is 0 Å². The number of benzene rings is 2. The summed E-state index contributed by atoms with van der Waals surface area (Å²) in [7, 11) is 0. The Labute approximate surface area is 185 Å². The van der Waals surface area contributed by atoms with Crippen LogP contribution in [0, 0.1) is 5.82 Å². The van der Waals surface area contributed by atoms with E-state index in [0.29, 0.717) is 30.7 Å². The summed E-state index contributed by atoms with van der Waals surface area (Å²) in [6.07, 6.45) is 5.28. The van der Waals surface area contributed by atoms with E-state index >= 15 is 0 Å². The molecule has 31 heavy (non-hydrogen) atoms. The largest absolute Gasteiger partial charge is 0.494 e. The van der Waals surface area contributed by atoms with Crippen LogP contribution in [0.2, 0.25) is 0 Å². The van der Waals surface area contributed by atoms with Crippen LogP contribution < -0.4 is 10.1 Å². The molecule has 1 amide bonds. The van der Waals surface area contributed by atoms with Gasteiger partial charge in [0.25, 0.3) is 0 Å². The summed E-state index contributed by atoms with van der Waals surface area (Å²) in [5.41, 5.74) is 0.422. The van der Waals surface area contributed by atoms with Crippen LogP contribution in [0.1, 0.15) is 57.9 Å². The molecule has 0 atom stereocenters. The van der Waals surface area contributed by atoms with Crippen molar-refractivity contribution in [1.29, 1.82) is 0 Å². The van der Waals surface area contributed by atoms with Gasteiger partial charge in [0.15, 0.2) is 0 Å². The topological polar surface area (TPSA) is 41.6 Å². The highest BCUT2D eigenvalue weighted by molar-refractivity contribution is 5.99.